The third-order valence-electron chi connectivity index (χ3n) is 3.95. The molecule has 0 aromatic heterocycles. The molecular weight excluding hydrogens is 333 g/mol. The highest BCUT2D eigenvalue weighted by molar-refractivity contribution is 9.10. The molecule has 1 N–H and O–H groups in total. The molecule has 0 saturated carbocycles. The van der Waals surface area contributed by atoms with E-state index >= 15 is 0 Å². The molecule has 110 valence electrons. The highest BCUT2D eigenvalue weighted by Gasteiger charge is 2.17. The standard InChI is InChI=1S/C17H17BrFNO/c1-20-16(8-12-3-2-4-15(19)17(12)18)11-5-6-13-9-21-10-14(13)7-11/h2-7,16,20H,8-10H2,1H3. The van der Waals surface area contributed by atoms with Crippen LogP contribution in [0, 0.1) is 5.82 Å². The fourth-order valence-corrected chi connectivity index (χ4v) is 3.15. The molecule has 0 amide bonds. The Kier molecular flexibility index (Phi) is 4.38. The van der Waals surface area contributed by atoms with Gasteiger partial charge in [0.15, 0.2) is 0 Å². The Morgan fingerprint density at radius 3 is 2.86 bits per heavy atom. The smallest absolute Gasteiger partial charge is 0.137 e. The minimum Gasteiger partial charge on any atom is -0.372 e. The second-order valence-corrected chi connectivity index (χ2v) is 6.07. The molecule has 1 aliphatic rings. The Hall–Kier alpha value is -1.23. The summed E-state index contributed by atoms with van der Waals surface area (Å²) < 4.78 is 19.6. The predicted molar refractivity (Wildman–Crippen MR) is 84.5 cm³/mol. The summed E-state index contributed by atoms with van der Waals surface area (Å²) in [5.74, 6) is -0.218. The summed E-state index contributed by atoms with van der Waals surface area (Å²) in [6.45, 7) is 1.39. The van der Waals surface area contributed by atoms with Crippen LogP contribution in [0.2, 0.25) is 0 Å². The lowest BCUT2D eigenvalue weighted by molar-refractivity contribution is 0.134. The third-order valence-corrected chi connectivity index (χ3v) is 4.84. The number of halogens is 2. The van der Waals surface area contributed by atoms with E-state index in [1.165, 1.54) is 22.8 Å². The van der Waals surface area contributed by atoms with Gasteiger partial charge in [-0.15, -0.1) is 0 Å². The van der Waals surface area contributed by atoms with Gasteiger partial charge in [0.05, 0.1) is 17.7 Å². The molecule has 3 rings (SSSR count). The highest BCUT2D eigenvalue weighted by atomic mass is 79.9. The van der Waals surface area contributed by atoms with Crippen LogP contribution in [-0.4, -0.2) is 7.05 Å². The molecule has 21 heavy (non-hydrogen) atoms. The molecule has 0 fully saturated rings. The van der Waals surface area contributed by atoms with Crippen molar-refractivity contribution in [2.75, 3.05) is 7.05 Å². The summed E-state index contributed by atoms with van der Waals surface area (Å²) in [4.78, 5) is 0. The molecule has 2 aromatic rings. The Balaban J connectivity index is 1.87. The van der Waals surface area contributed by atoms with E-state index in [4.69, 9.17) is 4.74 Å². The van der Waals surface area contributed by atoms with Crippen molar-refractivity contribution in [3.8, 4) is 0 Å². The average Bonchev–Trinajstić information content (AvgIpc) is 2.96. The predicted octanol–water partition coefficient (Wildman–Crippen LogP) is 4.12. The van der Waals surface area contributed by atoms with Crippen molar-refractivity contribution >= 4 is 15.9 Å². The van der Waals surface area contributed by atoms with Crippen LogP contribution in [0.4, 0.5) is 4.39 Å². The zero-order chi connectivity index (χ0) is 14.8. The van der Waals surface area contributed by atoms with E-state index in [1.54, 1.807) is 6.07 Å². The largest absolute Gasteiger partial charge is 0.372 e. The maximum atomic E-state index is 13.6. The molecule has 0 spiro atoms. The average molecular weight is 350 g/mol. The van der Waals surface area contributed by atoms with Gasteiger partial charge in [-0.1, -0.05) is 30.3 Å². The lowest BCUT2D eigenvalue weighted by Gasteiger charge is -2.18. The first-order valence-corrected chi connectivity index (χ1v) is 7.78. The first-order valence-electron chi connectivity index (χ1n) is 6.98. The van der Waals surface area contributed by atoms with Gasteiger partial charge >= 0.3 is 0 Å². The van der Waals surface area contributed by atoms with Gasteiger partial charge in [0.2, 0.25) is 0 Å². The first-order chi connectivity index (χ1) is 10.2. The Labute approximate surface area is 132 Å². The van der Waals surface area contributed by atoms with Crippen LogP contribution in [0.5, 0.6) is 0 Å². The van der Waals surface area contributed by atoms with Crippen LogP contribution in [0.3, 0.4) is 0 Å². The Morgan fingerprint density at radius 1 is 1.24 bits per heavy atom. The van der Waals surface area contributed by atoms with Gasteiger partial charge in [0.25, 0.3) is 0 Å². The van der Waals surface area contributed by atoms with Gasteiger partial charge in [-0.25, -0.2) is 4.39 Å². The number of rotatable bonds is 4. The Bertz CT molecular complexity index is 659. The number of ether oxygens (including phenoxy) is 1. The second kappa shape index (κ2) is 6.26. The topological polar surface area (TPSA) is 21.3 Å². The van der Waals surface area contributed by atoms with Gasteiger partial charge in [0.1, 0.15) is 5.82 Å². The molecule has 1 atom stereocenters. The zero-order valence-electron chi connectivity index (χ0n) is 11.8. The summed E-state index contributed by atoms with van der Waals surface area (Å²) in [6, 6.07) is 11.8. The molecule has 0 saturated heterocycles. The molecule has 0 aliphatic carbocycles. The number of benzene rings is 2. The van der Waals surface area contributed by atoms with Crippen LogP contribution in [-0.2, 0) is 24.4 Å². The van der Waals surface area contributed by atoms with E-state index in [1.807, 2.05) is 13.1 Å². The molecule has 2 nitrogen and oxygen atoms in total. The minimum atomic E-state index is -0.218. The van der Waals surface area contributed by atoms with Gasteiger partial charge in [0, 0.05) is 6.04 Å². The van der Waals surface area contributed by atoms with E-state index in [9.17, 15) is 4.39 Å². The first kappa shape index (κ1) is 14.7. The molecule has 0 bridgehead atoms. The number of fused-ring (bicyclic) bond motifs is 1. The van der Waals surface area contributed by atoms with Crippen molar-refractivity contribution < 1.29 is 9.13 Å². The third kappa shape index (κ3) is 3.03. The van der Waals surface area contributed by atoms with Crippen LogP contribution in [0.15, 0.2) is 40.9 Å². The maximum Gasteiger partial charge on any atom is 0.137 e. The van der Waals surface area contributed by atoms with E-state index in [0.717, 1.165) is 12.0 Å². The molecule has 0 radical (unpaired) electrons. The molecule has 1 heterocycles. The number of hydrogen-bond acceptors (Lipinski definition) is 2. The van der Waals surface area contributed by atoms with E-state index < -0.39 is 0 Å². The minimum absolute atomic E-state index is 0.147. The zero-order valence-corrected chi connectivity index (χ0v) is 13.4. The van der Waals surface area contributed by atoms with E-state index in [0.29, 0.717) is 17.7 Å². The number of hydrogen-bond donors (Lipinski definition) is 1. The summed E-state index contributed by atoms with van der Waals surface area (Å²) >= 11 is 3.34. The van der Waals surface area contributed by atoms with Gasteiger partial charge in [-0.2, -0.15) is 0 Å². The van der Waals surface area contributed by atoms with E-state index in [2.05, 4.69) is 39.4 Å². The van der Waals surface area contributed by atoms with Crippen LogP contribution < -0.4 is 5.32 Å². The maximum absolute atomic E-state index is 13.6. The molecule has 2 aromatic carbocycles. The monoisotopic (exact) mass is 349 g/mol. The van der Waals surface area contributed by atoms with Crippen molar-refractivity contribution in [1.82, 2.24) is 5.32 Å². The second-order valence-electron chi connectivity index (χ2n) is 5.28. The summed E-state index contributed by atoms with van der Waals surface area (Å²) in [6.07, 6.45) is 0.731. The molecule has 1 unspecified atom stereocenters. The molecule has 4 heteroatoms. The summed E-state index contributed by atoms with van der Waals surface area (Å²) in [7, 11) is 1.93. The van der Waals surface area contributed by atoms with Gasteiger partial charge in [-0.3, -0.25) is 0 Å². The Morgan fingerprint density at radius 2 is 2.05 bits per heavy atom. The normalized spacial score (nSPS) is 15.0. The lowest BCUT2D eigenvalue weighted by atomic mass is 9.96. The van der Waals surface area contributed by atoms with Crippen LogP contribution in [0.25, 0.3) is 0 Å². The number of likely N-dealkylation sites (N-methyl/N-ethyl adjacent to an activating group) is 1. The van der Waals surface area contributed by atoms with Crippen molar-refractivity contribution in [2.24, 2.45) is 0 Å². The van der Waals surface area contributed by atoms with Crippen LogP contribution >= 0.6 is 15.9 Å². The summed E-state index contributed by atoms with van der Waals surface area (Å²) in [5.41, 5.74) is 4.69. The molecule has 1 aliphatic heterocycles. The van der Waals surface area contributed by atoms with Gasteiger partial charge in [-0.05, 0) is 57.7 Å². The number of nitrogens with one attached hydrogen (secondary N) is 1. The van der Waals surface area contributed by atoms with Crippen LogP contribution in [0.1, 0.15) is 28.3 Å². The van der Waals surface area contributed by atoms with Crippen molar-refractivity contribution in [3.05, 3.63) is 68.9 Å². The summed E-state index contributed by atoms with van der Waals surface area (Å²) in [5, 5.41) is 3.32. The fraction of sp³-hybridized carbons (Fsp3) is 0.294. The van der Waals surface area contributed by atoms with Crippen molar-refractivity contribution in [3.63, 3.8) is 0 Å². The van der Waals surface area contributed by atoms with E-state index in [-0.39, 0.29) is 11.9 Å². The SMILES string of the molecule is CNC(Cc1cccc(F)c1Br)c1ccc2c(c1)COC2. The quantitative estimate of drug-likeness (QED) is 0.896. The lowest BCUT2D eigenvalue weighted by Crippen LogP contribution is -2.19. The van der Waals surface area contributed by atoms with Crippen molar-refractivity contribution in [1.29, 1.82) is 0 Å². The van der Waals surface area contributed by atoms with Gasteiger partial charge < -0.3 is 10.1 Å². The highest BCUT2D eigenvalue weighted by Crippen LogP contribution is 2.28. The fourth-order valence-electron chi connectivity index (χ4n) is 2.72. The van der Waals surface area contributed by atoms with Crippen molar-refractivity contribution in [2.45, 2.75) is 25.7 Å². The molecular formula is C17H17BrFNO.